The number of rotatable bonds is 3. The van der Waals surface area contributed by atoms with Crippen LogP contribution in [0.4, 0.5) is 0 Å². The van der Waals surface area contributed by atoms with Crippen LogP contribution in [0.15, 0.2) is 18.2 Å². The molecule has 0 amide bonds. The largest absolute Gasteiger partial charge is 0.477 e. The molecule has 1 aromatic heterocycles. The third-order valence-corrected chi connectivity index (χ3v) is 2.76. The molecule has 1 N–H and O–H groups in total. The number of ether oxygens (including phenoxy) is 1. The summed E-state index contributed by atoms with van der Waals surface area (Å²) in [6.07, 6.45) is 2.30. The first-order valence-corrected chi connectivity index (χ1v) is 5.59. The van der Waals surface area contributed by atoms with E-state index in [1.807, 2.05) is 6.07 Å². The maximum Gasteiger partial charge on any atom is 0.214 e. The van der Waals surface area contributed by atoms with Gasteiger partial charge in [-0.3, -0.25) is 0 Å². The van der Waals surface area contributed by atoms with E-state index in [0.29, 0.717) is 24.1 Å². The Morgan fingerprint density at radius 3 is 3.00 bits per heavy atom. The average Bonchev–Trinajstić information content (AvgIpc) is 2.38. The summed E-state index contributed by atoms with van der Waals surface area (Å²) < 4.78 is 5.60. The number of hydrogen-bond acceptors (Lipinski definition) is 4. The molecule has 0 aliphatic carbocycles. The molecule has 0 atom stereocenters. The molecule has 1 aliphatic heterocycles. The molecule has 2 heterocycles. The summed E-state index contributed by atoms with van der Waals surface area (Å²) in [5.74, 6) is 1.16. The zero-order chi connectivity index (χ0) is 11.2. The van der Waals surface area contributed by atoms with Crippen LogP contribution in [0, 0.1) is 17.2 Å². The minimum atomic E-state index is 0.405. The van der Waals surface area contributed by atoms with Crippen molar-refractivity contribution in [2.24, 2.45) is 5.92 Å². The van der Waals surface area contributed by atoms with E-state index < -0.39 is 0 Å². The van der Waals surface area contributed by atoms with Crippen LogP contribution in [0.2, 0.25) is 0 Å². The van der Waals surface area contributed by atoms with Crippen LogP contribution >= 0.6 is 0 Å². The number of nitrogens with zero attached hydrogens (tertiary/aromatic N) is 2. The highest BCUT2D eigenvalue weighted by Crippen LogP contribution is 2.14. The monoisotopic (exact) mass is 217 g/mol. The quantitative estimate of drug-likeness (QED) is 0.829. The van der Waals surface area contributed by atoms with Crippen molar-refractivity contribution in [3.63, 3.8) is 0 Å². The summed E-state index contributed by atoms with van der Waals surface area (Å²) in [6.45, 7) is 2.84. The number of nitrogens with one attached hydrogen (secondary N) is 1. The zero-order valence-corrected chi connectivity index (χ0v) is 9.15. The first-order valence-electron chi connectivity index (χ1n) is 5.59. The molecule has 2 rings (SSSR count). The van der Waals surface area contributed by atoms with Crippen molar-refractivity contribution in [1.82, 2.24) is 10.3 Å². The molecule has 16 heavy (non-hydrogen) atoms. The summed E-state index contributed by atoms with van der Waals surface area (Å²) in [5, 5.41) is 12.0. The smallest absolute Gasteiger partial charge is 0.214 e. The molecule has 0 spiro atoms. The van der Waals surface area contributed by atoms with E-state index in [-0.39, 0.29) is 0 Å². The molecule has 1 fully saturated rings. The van der Waals surface area contributed by atoms with Gasteiger partial charge in [-0.25, -0.2) is 4.98 Å². The van der Waals surface area contributed by atoms with E-state index in [2.05, 4.69) is 10.3 Å². The Kier molecular flexibility index (Phi) is 3.73. The normalized spacial score (nSPS) is 16.7. The molecule has 0 radical (unpaired) electrons. The van der Waals surface area contributed by atoms with E-state index in [1.165, 1.54) is 0 Å². The van der Waals surface area contributed by atoms with Gasteiger partial charge >= 0.3 is 0 Å². The lowest BCUT2D eigenvalue weighted by Gasteiger charge is -2.22. The SMILES string of the molecule is N#Cc1cccc(OCC2CCNCC2)n1. The molecular weight excluding hydrogens is 202 g/mol. The van der Waals surface area contributed by atoms with Gasteiger partial charge in [-0.15, -0.1) is 0 Å². The molecular formula is C12H15N3O. The second-order valence-corrected chi connectivity index (χ2v) is 3.98. The fraction of sp³-hybridized carbons (Fsp3) is 0.500. The lowest BCUT2D eigenvalue weighted by Crippen LogP contribution is -2.30. The van der Waals surface area contributed by atoms with E-state index in [1.54, 1.807) is 18.2 Å². The van der Waals surface area contributed by atoms with Crippen molar-refractivity contribution in [1.29, 1.82) is 5.26 Å². The van der Waals surface area contributed by atoms with Gasteiger partial charge in [-0.2, -0.15) is 5.26 Å². The van der Waals surface area contributed by atoms with Gasteiger partial charge in [0.2, 0.25) is 5.88 Å². The van der Waals surface area contributed by atoms with Gasteiger partial charge in [0, 0.05) is 6.07 Å². The second-order valence-electron chi connectivity index (χ2n) is 3.98. The van der Waals surface area contributed by atoms with E-state index in [4.69, 9.17) is 10.00 Å². The maximum atomic E-state index is 8.70. The second kappa shape index (κ2) is 5.47. The van der Waals surface area contributed by atoms with Gasteiger partial charge in [0.15, 0.2) is 0 Å². The minimum Gasteiger partial charge on any atom is -0.477 e. The number of hydrogen-bond donors (Lipinski definition) is 1. The minimum absolute atomic E-state index is 0.405. The molecule has 4 heteroatoms. The van der Waals surface area contributed by atoms with Gasteiger partial charge < -0.3 is 10.1 Å². The Morgan fingerprint density at radius 2 is 2.25 bits per heavy atom. The molecule has 1 saturated heterocycles. The third kappa shape index (κ3) is 2.94. The molecule has 0 unspecified atom stereocenters. The van der Waals surface area contributed by atoms with E-state index >= 15 is 0 Å². The van der Waals surface area contributed by atoms with Crippen LogP contribution in [0.25, 0.3) is 0 Å². The highest BCUT2D eigenvalue weighted by atomic mass is 16.5. The van der Waals surface area contributed by atoms with E-state index in [0.717, 1.165) is 25.9 Å². The molecule has 4 nitrogen and oxygen atoms in total. The lowest BCUT2D eigenvalue weighted by atomic mass is 9.99. The van der Waals surface area contributed by atoms with Gasteiger partial charge in [0.1, 0.15) is 11.8 Å². The molecule has 84 valence electrons. The standard InChI is InChI=1S/C12H15N3O/c13-8-11-2-1-3-12(15-11)16-9-10-4-6-14-7-5-10/h1-3,10,14H,4-7,9H2. The average molecular weight is 217 g/mol. The summed E-state index contributed by atoms with van der Waals surface area (Å²) in [7, 11) is 0. The van der Waals surface area contributed by atoms with Crippen LogP contribution in [0.3, 0.4) is 0 Å². The van der Waals surface area contributed by atoms with E-state index in [9.17, 15) is 0 Å². The fourth-order valence-corrected chi connectivity index (χ4v) is 1.81. The Morgan fingerprint density at radius 1 is 1.44 bits per heavy atom. The lowest BCUT2D eigenvalue weighted by molar-refractivity contribution is 0.209. The number of piperidine rings is 1. The molecule has 0 bridgehead atoms. The summed E-state index contributed by atoms with van der Waals surface area (Å²) >= 11 is 0. The predicted molar refractivity (Wildman–Crippen MR) is 60.0 cm³/mol. The Balaban J connectivity index is 1.86. The van der Waals surface area contributed by atoms with Crippen molar-refractivity contribution >= 4 is 0 Å². The third-order valence-electron chi connectivity index (χ3n) is 2.76. The maximum absolute atomic E-state index is 8.70. The number of nitriles is 1. The first-order chi connectivity index (χ1) is 7.88. The predicted octanol–water partition coefficient (Wildman–Crippen LogP) is 1.33. The fourth-order valence-electron chi connectivity index (χ4n) is 1.81. The van der Waals surface area contributed by atoms with Gasteiger partial charge in [0.25, 0.3) is 0 Å². The van der Waals surface area contributed by atoms with Crippen molar-refractivity contribution in [2.45, 2.75) is 12.8 Å². The molecule has 0 aromatic carbocycles. The van der Waals surface area contributed by atoms with Crippen molar-refractivity contribution in [3.8, 4) is 11.9 Å². The van der Waals surface area contributed by atoms with Crippen molar-refractivity contribution in [3.05, 3.63) is 23.9 Å². The topological polar surface area (TPSA) is 57.9 Å². The molecule has 1 aromatic rings. The van der Waals surface area contributed by atoms with Gasteiger partial charge in [0.05, 0.1) is 6.61 Å². The Labute approximate surface area is 95.3 Å². The van der Waals surface area contributed by atoms with Crippen LogP contribution < -0.4 is 10.1 Å². The molecule has 0 saturated carbocycles. The van der Waals surface area contributed by atoms with Gasteiger partial charge in [-0.05, 0) is 37.9 Å². The van der Waals surface area contributed by atoms with Crippen molar-refractivity contribution in [2.75, 3.05) is 19.7 Å². The molecule has 1 aliphatic rings. The Bertz CT molecular complexity index is 380. The number of pyridine rings is 1. The zero-order valence-electron chi connectivity index (χ0n) is 9.15. The number of aromatic nitrogens is 1. The van der Waals surface area contributed by atoms with Crippen LogP contribution in [0.1, 0.15) is 18.5 Å². The summed E-state index contributed by atoms with van der Waals surface area (Å²) in [4.78, 5) is 4.08. The van der Waals surface area contributed by atoms with Crippen LogP contribution in [0.5, 0.6) is 5.88 Å². The highest BCUT2D eigenvalue weighted by molar-refractivity contribution is 5.24. The van der Waals surface area contributed by atoms with Crippen LogP contribution in [-0.2, 0) is 0 Å². The van der Waals surface area contributed by atoms with Gasteiger partial charge in [-0.1, -0.05) is 6.07 Å². The summed E-state index contributed by atoms with van der Waals surface area (Å²) in [5.41, 5.74) is 0.405. The Hall–Kier alpha value is -1.60. The first kappa shape index (κ1) is 10.9. The highest BCUT2D eigenvalue weighted by Gasteiger charge is 2.13. The van der Waals surface area contributed by atoms with Crippen molar-refractivity contribution < 1.29 is 4.74 Å². The van der Waals surface area contributed by atoms with Crippen LogP contribution in [-0.4, -0.2) is 24.7 Å². The summed E-state index contributed by atoms with van der Waals surface area (Å²) in [6, 6.07) is 7.27.